The van der Waals surface area contributed by atoms with Gasteiger partial charge in [-0.05, 0) is 30.7 Å². The molecule has 0 saturated carbocycles. The van der Waals surface area contributed by atoms with Crippen molar-refractivity contribution < 1.29 is 0 Å². The first kappa shape index (κ1) is 7.42. The zero-order chi connectivity index (χ0) is 8.55. The van der Waals surface area contributed by atoms with Gasteiger partial charge in [0.2, 0.25) is 5.82 Å². The zero-order valence-electron chi connectivity index (χ0n) is 6.83. The normalized spacial score (nSPS) is 10.5. The van der Waals surface area contributed by atoms with Crippen LogP contribution >= 0.6 is 11.3 Å². The fraction of sp³-hybridized carbons (Fsp3) is 0.286. The molecule has 0 aliphatic heterocycles. The molecule has 0 bridgehead atoms. The lowest BCUT2D eigenvalue weighted by Crippen LogP contribution is -1.73. The molecule has 0 aromatic carbocycles. The van der Waals surface area contributed by atoms with Crippen molar-refractivity contribution in [2.24, 2.45) is 0 Å². The molecule has 0 aliphatic rings. The number of aryl methyl sites for hydroxylation is 2. The van der Waals surface area contributed by atoms with Gasteiger partial charge < -0.3 is 0 Å². The van der Waals surface area contributed by atoms with Crippen LogP contribution in [0.4, 0.5) is 0 Å². The summed E-state index contributed by atoms with van der Waals surface area (Å²) in [5, 5.41) is 13.7. The molecule has 0 spiro atoms. The third kappa shape index (κ3) is 1.12. The topological polar surface area (TPSA) is 54.5 Å². The van der Waals surface area contributed by atoms with Crippen molar-refractivity contribution >= 4 is 11.3 Å². The first-order chi connectivity index (χ1) is 5.77. The summed E-state index contributed by atoms with van der Waals surface area (Å²) in [6.45, 7) is 4.17. The fourth-order valence-corrected chi connectivity index (χ4v) is 1.91. The largest absolute Gasteiger partial charge is 0.214 e. The molecule has 12 heavy (non-hydrogen) atoms. The highest BCUT2D eigenvalue weighted by Crippen LogP contribution is 2.27. The Morgan fingerprint density at radius 3 is 2.75 bits per heavy atom. The van der Waals surface area contributed by atoms with Crippen LogP contribution in [0.15, 0.2) is 6.07 Å². The molecular formula is C7H8N4S. The lowest BCUT2D eigenvalue weighted by molar-refractivity contribution is 0.881. The van der Waals surface area contributed by atoms with Gasteiger partial charge in [0.05, 0.1) is 4.88 Å². The summed E-state index contributed by atoms with van der Waals surface area (Å²) in [6, 6.07) is 2.07. The molecule has 0 radical (unpaired) electrons. The van der Waals surface area contributed by atoms with E-state index in [1.807, 2.05) is 0 Å². The van der Waals surface area contributed by atoms with Gasteiger partial charge in [0.1, 0.15) is 0 Å². The highest BCUT2D eigenvalue weighted by Gasteiger charge is 2.07. The SMILES string of the molecule is Cc1cc(-c2nn[nH]n2)sc1C. The first-order valence-electron chi connectivity index (χ1n) is 3.58. The summed E-state index contributed by atoms with van der Waals surface area (Å²) in [6.07, 6.45) is 0. The van der Waals surface area contributed by atoms with E-state index >= 15 is 0 Å². The standard InChI is InChI=1S/C7H8N4S/c1-4-3-6(12-5(4)2)7-8-10-11-9-7/h3H,1-2H3,(H,8,9,10,11). The summed E-state index contributed by atoms with van der Waals surface area (Å²) < 4.78 is 0. The molecule has 5 heteroatoms. The third-order valence-electron chi connectivity index (χ3n) is 1.73. The maximum atomic E-state index is 3.90. The molecule has 0 saturated heterocycles. The Morgan fingerprint density at radius 2 is 2.25 bits per heavy atom. The van der Waals surface area contributed by atoms with Crippen molar-refractivity contribution in [1.82, 2.24) is 20.6 Å². The quantitative estimate of drug-likeness (QED) is 0.724. The van der Waals surface area contributed by atoms with Crippen LogP contribution in [0.2, 0.25) is 0 Å². The number of hydrogen-bond donors (Lipinski definition) is 1. The number of H-pyrrole nitrogens is 1. The number of nitrogens with one attached hydrogen (secondary N) is 1. The van der Waals surface area contributed by atoms with Gasteiger partial charge in [-0.1, -0.05) is 0 Å². The third-order valence-corrected chi connectivity index (χ3v) is 2.88. The van der Waals surface area contributed by atoms with Crippen LogP contribution in [0.25, 0.3) is 10.7 Å². The van der Waals surface area contributed by atoms with Crippen LogP contribution in [0.5, 0.6) is 0 Å². The van der Waals surface area contributed by atoms with Crippen LogP contribution in [-0.2, 0) is 0 Å². The molecule has 0 amide bonds. The van der Waals surface area contributed by atoms with Crippen molar-refractivity contribution in [3.8, 4) is 10.7 Å². The van der Waals surface area contributed by atoms with E-state index in [-0.39, 0.29) is 0 Å². The molecule has 62 valence electrons. The van der Waals surface area contributed by atoms with Gasteiger partial charge in [-0.25, -0.2) is 0 Å². The highest BCUT2D eigenvalue weighted by atomic mass is 32.1. The second kappa shape index (κ2) is 2.67. The minimum atomic E-state index is 0.677. The molecule has 4 nitrogen and oxygen atoms in total. The second-order valence-electron chi connectivity index (χ2n) is 2.59. The van der Waals surface area contributed by atoms with Gasteiger partial charge in [-0.3, -0.25) is 0 Å². The van der Waals surface area contributed by atoms with E-state index in [9.17, 15) is 0 Å². The first-order valence-corrected chi connectivity index (χ1v) is 4.40. The summed E-state index contributed by atoms with van der Waals surface area (Å²) in [7, 11) is 0. The molecule has 0 unspecified atom stereocenters. The Bertz CT molecular complexity index is 357. The van der Waals surface area contributed by atoms with Gasteiger partial charge in [0.25, 0.3) is 0 Å². The Morgan fingerprint density at radius 1 is 1.42 bits per heavy atom. The van der Waals surface area contributed by atoms with Crippen molar-refractivity contribution in [2.45, 2.75) is 13.8 Å². The number of aromatic amines is 1. The molecule has 0 aliphatic carbocycles. The Hall–Kier alpha value is -1.23. The Labute approximate surface area is 73.6 Å². The molecule has 2 heterocycles. The Balaban J connectivity index is 2.48. The second-order valence-corrected chi connectivity index (χ2v) is 3.84. The lowest BCUT2D eigenvalue weighted by atomic mass is 10.3. The molecule has 2 rings (SSSR count). The van der Waals surface area contributed by atoms with Crippen LogP contribution in [0.3, 0.4) is 0 Å². The van der Waals surface area contributed by atoms with E-state index in [0.717, 1.165) is 4.88 Å². The number of nitrogens with zero attached hydrogens (tertiary/aromatic N) is 3. The van der Waals surface area contributed by atoms with Crippen LogP contribution in [0.1, 0.15) is 10.4 Å². The van der Waals surface area contributed by atoms with Crippen molar-refractivity contribution in [3.63, 3.8) is 0 Å². The zero-order valence-corrected chi connectivity index (χ0v) is 7.64. The number of aromatic nitrogens is 4. The summed E-state index contributed by atoms with van der Waals surface area (Å²) in [5.41, 5.74) is 1.28. The van der Waals surface area contributed by atoms with E-state index < -0.39 is 0 Å². The van der Waals surface area contributed by atoms with Gasteiger partial charge in [0, 0.05) is 4.88 Å². The molecule has 1 N–H and O–H groups in total. The van der Waals surface area contributed by atoms with E-state index in [4.69, 9.17) is 0 Å². The smallest absolute Gasteiger partial charge is 0.177 e. The van der Waals surface area contributed by atoms with Gasteiger partial charge >= 0.3 is 0 Å². The summed E-state index contributed by atoms with van der Waals surface area (Å²) in [5.74, 6) is 0.677. The molecular weight excluding hydrogens is 172 g/mol. The molecule has 0 atom stereocenters. The van der Waals surface area contributed by atoms with E-state index in [1.165, 1.54) is 10.4 Å². The lowest BCUT2D eigenvalue weighted by Gasteiger charge is -1.81. The number of thiophene rings is 1. The van der Waals surface area contributed by atoms with Crippen molar-refractivity contribution in [3.05, 3.63) is 16.5 Å². The van der Waals surface area contributed by atoms with Gasteiger partial charge in [-0.2, -0.15) is 5.21 Å². The van der Waals surface area contributed by atoms with Crippen LogP contribution in [-0.4, -0.2) is 20.6 Å². The number of tetrazole rings is 1. The van der Waals surface area contributed by atoms with Crippen molar-refractivity contribution in [2.75, 3.05) is 0 Å². The van der Waals surface area contributed by atoms with Gasteiger partial charge in [0.15, 0.2) is 0 Å². The highest BCUT2D eigenvalue weighted by molar-refractivity contribution is 7.15. The predicted octanol–water partition coefficient (Wildman–Crippen LogP) is 1.55. The maximum absolute atomic E-state index is 3.90. The summed E-state index contributed by atoms with van der Waals surface area (Å²) >= 11 is 1.69. The molecule has 0 fully saturated rings. The van der Waals surface area contributed by atoms with E-state index in [2.05, 4.69) is 40.5 Å². The minimum Gasteiger partial charge on any atom is -0.177 e. The van der Waals surface area contributed by atoms with Crippen LogP contribution < -0.4 is 0 Å². The minimum absolute atomic E-state index is 0.677. The average Bonchev–Trinajstić information content (AvgIpc) is 2.61. The maximum Gasteiger partial charge on any atom is 0.214 e. The van der Waals surface area contributed by atoms with E-state index in [0.29, 0.717) is 5.82 Å². The average molecular weight is 180 g/mol. The number of rotatable bonds is 1. The predicted molar refractivity (Wildman–Crippen MR) is 47.0 cm³/mol. The molecule has 2 aromatic heterocycles. The fourth-order valence-electron chi connectivity index (χ4n) is 0.950. The van der Waals surface area contributed by atoms with Crippen molar-refractivity contribution in [1.29, 1.82) is 0 Å². The monoisotopic (exact) mass is 180 g/mol. The van der Waals surface area contributed by atoms with E-state index in [1.54, 1.807) is 11.3 Å². The Kier molecular flexibility index (Phi) is 1.65. The van der Waals surface area contributed by atoms with Gasteiger partial charge in [-0.15, -0.1) is 21.5 Å². The summed E-state index contributed by atoms with van der Waals surface area (Å²) in [4.78, 5) is 2.37. The number of hydrogen-bond acceptors (Lipinski definition) is 4. The van der Waals surface area contributed by atoms with Crippen LogP contribution in [0, 0.1) is 13.8 Å². The molecule has 2 aromatic rings.